The summed E-state index contributed by atoms with van der Waals surface area (Å²) in [5.74, 6) is 2.39. The maximum Gasteiger partial charge on any atom is 0.231 e. The average Bonchev–Trinajstić information content (AvgIpc) is 3.34. The number of benzene rings is 1. The molecular weight excluding hydrogens is 338 g/mol. The highest BCUT2D eigenvalue weighted by Gasteiger charge is 2.23. The highest BCUT2D eigenvalue weighted by atomic mass is 16.5. The van der Waals surface area contributed by atoms with Gasteiger partial charge in [0.05, 0.1) is 5.92 Å². The van der Waals surface area contributed by atoms with Crippen LogP contribution in [0.2, 0.25) is 0 Å². The van der Waals surface area contributed by atoms with Crippen molar-refractivity contribution in [1.29, 1.82) is 0 Å². The number of hydrogen-bond acceptors (Lipinski definition) is 6. The molecule has 27 heavy (non-hydrogen) atoms. The zero-order valence-corrected chi connectivity index (χ0v) is 16.0. The molecule has 1 aliphatic rings. The number of hydrogen-bond donors (Lipinski definition) is 2. The van der Waals surface area contributed by atoms with Gasteiger partial charge in [-0.1, -0.05) is 38.1 Å². The van der Waals surface area contributed by atoms with Crippen molar-refractivity contribution < 1.29 is 4.52 Å². The van der Waals surface area contributed by atoms with Gasteiger partial charge in [0.15, 0.2) is 0 Å². The molecule has 1 atom stereocenters. The van der Waals surface area contributed by atoms with E-state index in [-0.39, 0.29) is 5.41 Å². The molecule has 1 aliphatic heterocycles. The standard InChI is InChI=1S/C21H25N5O/c1-21(2,3)16-5-4-6-17(11-16)24-18-8-7-14(13-23-18)19-25-20(27-26-19)15-9-10-22-12-15/h4-8,11,13,15,22H,9-10,12H2,1-3H3,(H,23,24)/t15-/m1/s1. The van der Waals surface area contributed by atoms with E-state index in [1.54, 1.807) is 6.20 Å². The van der Waals surface area contributed by atoms with Crippen LogP contribution in [-0.4, -0.2) is 28.2 Å². The van der Waals surface area contributed by atoms with Crippen LogP contribution in [0.25, 0.3) is 11.4 Å². The van der Waals surface area contributed by atoms with E-state index in [0.29, 0.717) is 17.6 Å². The van der Waals surface area contributed by atoms with E-state index in [1.165, 1.54) is 5.56 Å². The first kappa shape index (κ1) is 17.7. The van der Waals surface area contributed by atoms with E-state index in [0.717, 1.165) is 36.6 Å². The number of aromatic nitrogens is 3. The molecule has 0 bridgehead atoms. The van der Waals surface area contributed by atoms with Crippen LogP contribution in [0.4, 0.5) is 11.5 Å². The summed E-state index contributed by atoms with van der Waals surface area (Å²) >= 11 is 0. The van der Waals surface area contributed by atoms with Crippen molar-refractivity contribution >= 4 is 11.5 Å². The van der Waals surface area contributed by atoms with Crippen LogP contribution in [0, 0.1) is 0 Å². The summed E-state index contributed by atoms with van der Waals surface area (Å²) in [4.78, 5) is 9.04. The fourth-order valence-corrected chi connectivity index (χ4v) is 3.20. The van der Waals surface area contributed by atoms with Gasteiger partial charge in [-0.05, 0) is 48.2 Å². The molecular formula is C21H25N5O. The molecule has 2 N–H and O–H groups in total. The molecule has 0 saturated carbocycles. The number of anilines is 2. The summed E-state index contributed by atoms with van der Waals surface area (Å²) < 4.78 is 5.43. The predicted molar refractivity (Wildman–Crippen MR) is 106 cm³/mol. The van der Waals surface area contributed by atoms with E-state index >= 15 is 0 Å². The summed E-state index contributed by atoms with van der Waals surface area (Å²) in [6.45, 7) is 8.52. The zero-order valence-electron chi connectivity index (χ0n) is 16.0. The van der Waals surface area contributed by atoms with E-state index in [1.807, 2.05) is 18.2 Å². The van der Waals surface area contributed by atoms with Crippen molar-refractivity contribution in [3.05, 3.63) is 54.0 Å². The lowest BCUT2D eigenvalue weighted by Crippen LogP contribution is -2.11. The van der Waals surface area contributed by atoms with Gasteiger partial charge in [-0.15, -0.1) is 0 Å². The van der Waals surface area contributed by atoms with Crippen LogP contribution in [0.5, 0.6) is 0 Å². The van der Waals surface area contributed by atoms with Crippen LogP contribution in [0.1, 0.15) is 44.6 Å². The fraction of sp³-hybridized carbons (Fsp3) is 0.381. The molecule has 4 rings (SSSR count). The van der Waals surface area contributed by atoms with Crippen molar-refractivity contribution in [2.24, 2.45) is 0 Å². The van der Waals surface area contributed by atoms with Gasteiger partial charge >= 0.3 is 0 Å². The first-order valence-electron chi connectivity index (χ1n) is 9.37. The van der Waals surface area contributed by atoms with Crippen molar-refractivity contribution in [3.8, 4) is 11.4 Å². The predicted octanol–water partition coefficient (Wildman–Crippen LogP) is 4.25. The second-order valence-corrected chi connectivity index (χ2v) is 8.03. The monoisotopic (exact) mass is 363 g/mol. The van der Waals surface area contributed by atoms with Gasteiger partial charge in [0.1, 0.15) is 5.82 Å². The smallest absolute Gasteiger partial charge is 0.231 e. The molecule has 6 nitrogen and oxygen atoms in total. The number of pyridine rings is 1. The summed E-state index contributed by atoms with van der Waals surface area (Å²) in [6, 6.07) is 12.3. The Hall–Kier alpha value is -2.73. The molecule has 3 aromatic rings. The van der Waals surface area contributed by atoms with E-state index < -0.39 is 0 Å². The zero-order chi connectivity index (χ0) is 18.9. The largest absolute Gasteiger partial charge is 0.340 e. The van der Waals surface area contributed by atoms with Gasteiger partial charge in [0.25, 0.3) is 0 Å². The minimum Gasteiger partial charge on any atom is -0.340 e. The second-order valence-electron chi connectivity index (χ2n) is 8.03. The molecule has 1 saturated heterocycles. The Kier molecular flexibility index (Phi) is 4.66. The summed E-state index contributed by atoms with van der Waals surface area (Å²) in [7, 11) is 0. The molecule has 1 aromatic carbocycles. The SMILES string of the molecule is CC(C)(C)c1cccc(Nc2ccc(-c3noc([C@@H]4CCNC4)n3)cn2)c1. The third-order valence-corrected chi connectivity index (χ3v) is 4.87. The fourth-order valence-electron chi connectivity index (χ4n) is 3.20. The molecule has 0 aliphatic carbocycles. The summed E-state index contributed by atoms with van der Waals surface area (Å²) in [6.07, 6.45) is 2.81. The topological polar surface area (TPSA) is 75.9 Å². The molecule has 0 spiro atoms. The minimum absolute atomic E-state index is 0.111. The van der Waals surface area contributed by atoms with Gasteiger partial charge in [0.2, 0.25) is 11.7 Å². The molecule has 2 aromatic heterocycles. The second kappa shape index (κ2) is 7.12. The van der Waals surface area contributed by atoms with Crippen LogP contribution >= 0.6 is 0 Å². The Bertz CT molecular complexity index is 905. The highest BCUT2D eigenvalue weighted by molar-refractivity contribution is 5.61. The summed E-state index contributed by atoms with van der Waals surface area (Å²) in [5, 5.41) is 10.8. The minimum atomic E-state index is 0.111. The molecule has 1 fully saturated rings. The normalized spacial score (nSPS) is 17.2. The lowest BCUT2D eigenvalue weighted by molar-refractivity contribution is 0.359. The Labute approximate surface area is 159 Å². The first-order valence-corrected chi connectivity index (χ1v) is 9.37. The van der Waals surface area contributed by atoms with Gasteiger partial charge < -0.3 is 15.2 Å². The van der Waals surface area contributed by atoms with Crippen molar-refractivity contribution in [3.63, 3.8) is 0 Å². The van der Waals surface area contributed by atoms with Crippen LogP contribution < -0.4 is 10.6 Å². The Balaban J connectivity index is 1.48. The maximum atomic E-state index is 5.43. The number of nitrogens with zero attached hydrogens (tertiary/aromatic N) is 3. The lowest BCUT2D eigenvalue weighted by Gasteiger charge is -2.20. The Morgan fingerprint density at radius 1 is 1.19 bits per heavy atom. The Morgan fingerprint density at radius 3 is 2.78 bits per heavy atom. The van der Waals surface area contributed by atoms with E-state index in [4.69, 9.17) is 4.52 Å². The molecule has 0 radical (unpaired) electrons. The van der Waals surface area contributed by atoms with Crippen LogP contribution in [0.3, 0.4) is 0 Å². The van der Waals surface area contributed by atoms with Crippen molar-refractivity contribution in [2.75, 3.05) is 18.4 Å². The van der Waals surface area contributed by atoms with Gasteiger partial charge in [-0.2, -0.15) is 4.98 Å². The molecule has 0 unspecified atom stereocenters. The van der Waals surface area contributed by atoms with Gasteiger partial charge in [-0.3, -0.25) is 0 Å². The molecule has 3 heterocycles. The van der Waals surface area contributed by atoms with Crippen LogP contribution in [0.15, 0.2) is 47.1 Å². The first-order chi connectivity index (χ1) is 13.0. The summed E-state index contributed by atoms with van der Waals surface area (Å²) in [5.41, 5.74) is 3.27. The van der Waals surface area contributed by atoms with Gasteiger partial charge in [-0.25, -0.2) is 4.98 Å². The van der Waals surface area contributed by atoms with Crippen molar-refractivity contribution in [2.45, 2.75) is 38.5 Å². The third-order valence-electron chi connectivity index (χ3n) is 4.87. The molecule has 0 amide bonds. The number of rotatable bonds is 4. The van der Waals surface area contributed by atoms with Crippen LogP contribution in [-0.2, 0) is 5.41 Å². The Morgan fingerprint density at radius 2 is 2.07 bits per heavy atom. The average molecular weight is 363 g/mol. The molecule has 140 valence electrons. The van der Waals surface area contributed by atoms with Gasteiger partial charge in [0, 0.05) is 24.0 Å². The maximum absolute atomic E-state index is 5.43. The third kappa shape index (κ3) is 4.01. The van der Waals surface area contributed by atoms with E-state index in [2.05, 4.69) is 64.7 Å². The van der Waals surface area contributed by atoms with E-state index in [9.17, 15) is 0 Å². The highest BCUT2D eigenvalue weighted by Crippen LogP contribution is 2.27. The quantitative estimate of drug-likeness (QED) is 0.722. The lowest BCUT2D eigenvalue weighted by atomic mass is 9.87. The van der Waals surface area contributed by atoms with Crippen molar-refractivity contribution in [1.82, 2.24) is 20.4 Å². The molecule has 6 heteroatoms. The number of nitrogens with one attached hydrogen (secondary N) is 2.